The van der Waals surface area contributed by atoms with Crippen LogP contribution in [0, 0.1) is 0 Å². The van der Waals surface area contributed by atoms with Gasteiger partial charge in [-0.2, -0.15) is 13.2 Å². The molecule has 2 aromatic heterocycles. The number of nitrogens with zero attached hydrogens (tertiary/aromatic N) is 3. The molecule has 0 saturated carbocycles. The van der Waals surface area contributed by atoms with Gasteiger partial charge in [0.1, 0.15) is 11.5 Å². The molecule has 4 rings (SSSR count). The Balaban J connectivity index is 1.90. The number of H-pyrrole nitrogens is 1. The molecule has 1 saturated heterocycles. The second kappa shape index (κ2) is 7.55. The quantitative estimate of drug-likeness (QED) is 0.664. The van der Waals surface area contributed by atoms with Gasteiger partial charge in [0, 0.05) is 31.1 Å². The fraction of sp³-hybridized carbons (Fsp3) is 0.333. The third-order valence-electron chi connectivity index (χ3n) is 4.72. The molecule has 29 heavy (non-hydrogen) atoms. The van der Waals surface area contributed by atoms with E-state index in [1.807, 2.05) is 0 Å². The molecule has 11 heteroatoms. The first-order chi connectivity index (χ1) is 13.8. The molecule has 0 radical (unpaired) electrons. The van der Waals surface area contributed by atoms with Crippen LogP contribution < -0.4 is 10.5 Å². The smallest absolute Gasteiger partial charge is 0.378 e. The number of halogens is 5. The van der Waals surface area contributed by atoms with Crippen LogP contribution in [-0.2, 0) is 17.3 Å². The molecule has 1 fully saturated rings. The first-order valence-electron chi connectivity index (χ1n) is 8.73. The number of fused-ring (bicyclic) bond motifs is 1. The van der Waals surface area contributed by atoms with Crippen LogP contribution in [0.4, 0.5) is 19.0 Å². The molecule has 1 aromatic carbocycles. The van der Waals surface area contributed by atoms with E-state index in [0.717, 1.165) is 4.52 Å². The second-order valence-electron chi connectivity index (χ2n) is 6.56. The minimum atomic E-state index is -4.71. The molecule has 0 atom stereocenters. The molecule has 0 amide bonds. The molecular weight excluding hydrogens is 432 g/mol. The number of anilines is 1. The van der Waals surface area contributed by atoms with Crippen molar-refractivity contribution in [1.82, 2.24) is 14.6 Å². The molecule has 1 N–H and O–H groups in total. The van der Waals surface area contributed by atoms with Crippen LogP contribution in [0.2, 0.25) is 10.0 Å². The highest BCUT2D eigenvalue weighted by Gasteiger charge is 2.38. The Morgan fingerprint density at radius 2 is 1.93 bits per heavy atom. The summed E-state index contributed by atoms with van der Waals surface area (Å²) in [7, 11) is 0. The van der Waals surface area contributed by atoms with Crippen molar-refractivity contribution in [2.75, 3.05) is 31.2 Å². The lowest BCUT2D eigenvalue weighted by atomic mass is 10.0. The maximum atomic E-state index is 13.7. The van der Waals surface area contributed by atoms with E-state index in [-0.39, 0.29) is 27.7 Å². The average Bonchev–Trinajstić information content (AvgIpc) is 3.06. The fourth-order valence-corrected chi connectivity index (χ4v) is 3.69. The van der Waals surface area contributed by atoms with Gasteiger partial charge in [-0.15, -0.1) is 0 Å². The Kier molecular flexibility index (Phi) is 5.22. The van der Waals surface area contributed by atoms with Crippen molar-refractivity contribution in [2.24, 2.45) is 0 Å². The lowest BCUT2D eigenvalue weighted by Gasteiger charge is -2.27. The second-order valence-corrected chi connectivity index (χ2v) is 7.35. The van der Waals surface area contributed by atoms with Gasteiger partial charge in [-0.3, -0.25) is 9.89 Å². The highest BCUT2D eigenvalue weighted by Crippen LogP contribution is 2.35. The van der Waals surface area contributed by atoms with Crippen LogP contribution in [0.15, 0.2) is 29.1 Å². The van der Waals surface area contributed by atoms with Gasteiger partial charge in [0.15, 0.2) is 5.65 Å². The standard InChI is InChI=1S/C18H15Cl2F3N4O2/c19-12-3-1-2-10(15(12)20)8-11-16(18(21,22)23)25-27-14(28)9-13(24-17(11)27)26-4-6-29-7-5-26/h1-3,9,25H,4-8H2. The van der Waals surface area contributed by atoms with Gasteiger partial charge in [0.25, 0.3) is 5.56 Å². The Hall–Kier alpha value is -2.23. The van der Waals surface area contributed by atoms with E-state index in [1.165, 1.54) is 6.07 Å². The first-order valence-corrected chi connectivity index (χ1v) is 9.48. The van der Waals surface area contributed by atoms with Gasteiger partial charge >= 0.3 is 6.18 Å². The number of aromatic nitrogens is 3. The third-order valence-corrected chi connectivity index (χ3v) is 5.58. The molecule has 0 unspecified atom stereocenters. The van der Waals surface area contributed by atoms with Gasteiger partial charge in [0.05, 0.1) is 23.3 Å². The molecule has 1 aliphatic rings. The number of rotatable bonds is 3. The van der Waals surface area contributed by atoms with Crippen LogP contribution in [0.25, 0.3) is 5.65 Å². The summed E-state index contributed by atoms with van der Waals surface area (Å²) in [5.41, 5.74) is -1.55. The molecular formula is C18H15Cl2F3N4O2. The van der Waals surface area contributed by atoms with Crippen molar-refractivity contribution in [1.29, 1.82) is 0 Å². The third kappa shape index (κ3) is 3.82. The number of hydrogen-bond donors (Lipinski definition) is 1. The topological polar surface area (TPSA) is 62.6 Å². The minimum Gasteiger partial charge on any atom is -0.378 e. The van der Waals surface area contributed by atoms with Crippen LogP contribution in [-0.4, -0.2) is 40.9 Å². The molecule has 0 spiro atoms. The molecule has 1 aliphatic heterocycles. The number of alkyl halides is 3. The zero-order valence-corrected chi connectivity index (χ0v) is 16.4. The molecule has 0 aliphatic carbocycles. The van der Waals surface area contributed by atoms with Gasteiger partial charge < -0.3 is 9.64 Å². The summed E-state index contributed by atoms with van der Waals surface area (Å²) < 4.78 is 47.2. The van der Waals surface area contributed by atoms with E-state index in [4.69, 9.17) is 27.9 Å². The predicted molar refractivity (Wildman–Crippen MR) is 103 cm³/mol. The van der Waals surface area contributed by atoms with Crippen molar-refractivity contribution in [3.8, 4) is 0 Å². The lowest BCUT2D eigenvalue weighted by molar-refractivity contribution is -0.141. The van der Waals surface area contributed by atoms with Gasteiger partial charge in [-0.05, 0) is 11.6 Å². The number of benzene rings is 1. The van der Waals surface area contributed by atoms with E-state index in [0.29, 0.717) is 37.7 Å². The largest absolute Gasteiger partial charge is 0.433 e. The summed E-state index contributed by atoms with van der Waals surface area (Å²) in [6.07, 6.45) is -4.90. The van der Waals surface area contributed by atoms with Crippen molar-refractivity contribution < 1.29 is 17.9 Å². The fourth-order valence-electron chi connectivity index (χ4n) is 3.30. The Morgan fingerprint density at radius 3 is 2.62 bits per heavy atom. The minimum absolute atomic E-state index is 0.0950. The molecule has 0 bridgehead atoms. The number of ether oxygens (including phenoxy) is 1. The maximum Gasteiger partial charge on any atom is 0.433 e. The van der Waals surface area contributed by atoms with Crippen LogP contribution >= 0.6 is 23.2 Å². The van der Waals surface area contributed by atoms with Crippen LogP contribution in [0.3, 0.4) is 0 Å². The summed E-state index contributed by atoms with van der Waals surface area (Å²) in [4.78, 5) is 18.7. The molecule has 3 heterocycles. The van der Waals surface area contributed by atoms with E-state index < -0.39 is 17.4 Å². The Morgan fingerprint density at radius 1 is 1.21 bits per heavy atom. The Bertz CT molecular complexity index is 1120. The van der Waals surface area contributed by atoms with E-state index in [2.05, 4.69) is 10.1 Å². The normalized spacial score (nSPS) is 15.3. The highest BCUT2D eigenvalue weighted by molar-refractivity contribution is 6.42. The Labute approximate surface area is 172 Å². The van der Waals surface area contributed by atoms with Crippen molar-refractivity contribution in [3.63, 3.8) is 0 Å². The summed E-state index contributed by atoms with van der Waals surface area (Å²) >= 11 is 12.2. The van der Waals surface area contributed by atoms with E-state index >= 15 is 0 Å². The summed E-state index contributed by atoms with van der Waals surface area (Å²) in [6.45, 7) is 1.89. The summed E-state index contributed by atoms with van der Waals surface area (Å²) in [6, 6.07) is 5.95. The molecule has 6 nitrogen and oxygen atoms in total. The summed E-state index contributed by atoms with van der Waals surface area (Å²) in [5, 5.41) is 2.55. The monoisotopic (exact) mass is 446 g/mol. The van der Waals surface area contributed by atoms with Crippen molar-refractivity contribution >= 4 is 34.7 Å². The van der Waals surface area contributed by atoms with Crippen molar-refractivity contribution in [3.05, 3.63) is 61.5 Å². The van der Waals surface area contributed by atoms with E-state index in [9.17, 15) is 18.0 Å². The lowest BCUT2D eigenvalue weighted by Crippen LogP contribution is -2.37. The maximum absolute atomic E-state index is 13.7. The molecule has 3 aromatic rings. The number of nitrogens with one attached hydrogen (secondary N) is 1. The number of hydrogen-bond acceptors (Lipinski definition) is 4. The first kappa shape index (κ1) is 20.1. The van der Waals surface area contributed by atoms with Crippen molar-refractivity contribution in [2.45, 2.75) is 12.6 Å². The zero-order chi connectivity index (χ0) is 20.8. The van der Waals surface area contributed by atoms with Crippen LogP contribution in [0.1, 0.15) is 16.8 Å². The number of aromatic amines is 1. The highest BCUT2D eigenvalue weighted by atomic mass is 35.5. The van der Waals surface area contributed by atoms with Gasteiger partial charge in [-0.25, -0.2) is 9.50 Å². The van der Waals surface area contributed by atoms with Gasteiger partial charge in [-0.1, -0.05) is 35.3 Å². The van der Waals surface area contributed by atoms with Gasteiger partial charge in [0.2, 0.25) is 0 Å². The van der Waals surface area contributed by atoms with Crippen LogP contribution in [0.5, 0.6) is 0 Å². The summed E-state index contributed by atoms with van der Waals surface area (Å²) in [5.74, 6) is 0.310. The predicted octanol–water partition coefficient (Wildman–Crippen LogP) is 3.78. The molecule has 154 valence electrons. The van der Waals surface area contributed by atoms with E-state index in [1.54, 1.807) is 23.1 Å². The average molecular weight is 447 g/mol. The SMILES string of the molecule is O=c1cc(N2CCOCC2)nc2c(Cc3cccc(Cl)c3Cl)c(C(F)(F)F)[nH]n12. The number of morpholine rings is 1. The zero-order valence-electron chi connectivity index (χ0n) is 14.9.